The summed E-state index contributed by atoms with van der Waals surface area (Å²) in [5, 5.41) is 3.10. The van der Waals surface area contributed by atoms with Crippen LogP contribution in [0.25, 0.3) is 11.5 Å². The minimum atomic E-state index is 0.0809. The topological polar surface area (TPSA) is 58.4 Å². The maximum atomic E-state index is 12.6. The molecule has 3 aromatic rings. The summed E-state index contributed by atoms with van der Waals surface area (Å²) in [4.78, 5) is 19.7. The summed E-state index contributed by atoms with van der Waals surface area (Å²) in [6.45, 7) is 7.16. The summed E-state index contributed by atoms with van der Waals surface area (Å²) in [5.74, 6) is 1.75. The van der Waals surface area contributed by atoms with E-state index < -0.39 is 0 Å². The molecule has 1 aliphatic rings. The van der Waals surface area contributed by atoms with Crippen LogP contribution in [0.4, 0.5) is 0 Å². The van der Waals surface area contributed by atoms with Crippen molar-refractivity contribution in [2.24, 2.45) is 5.92 Å². The molecule has 0 saturated carbocycles. The normalized spacial score (nSPS) is 15.2. The van der Waals surface area contributed by atoms with Crippen LogP contribution in [0, 0.1) is 19.8 Å². The average Bonchev–Trinajstić information content (AvgIpc) is 3.14. The molecule has 6 heteroatoms. The second kappa shape index (κ2) is 9.79. The van der Waals surface area contributed by atoms with E-state index in [1.807, 2.05) is 31.2 Å². The van der Waals surface area contributed by atoms with Gasteiger partial charge in [-0.2, -0.15) is 0 Å². The van der Waals surface area contributed by atoms with Gasteiger partial charge in [-0.3, -0.25) is 9.69 Å². The van der Waals surface area contributed by atoms with Gasteiger partial charge in [0.25, 0.3) is 0 Å². The Morgan fingerprint density at radius 3 is 2.61 bits per heavy atom. The summed E-state index contributed by atoms with van der Waals surface area (Å²) in [5.41, 5.74) is 4.30. The third kappa shape index (κ3) is 5.63. The Kier molecular flexibility index (Phi) is 6.88. The number of nitrogens with zero attached hydrogens (tertiary/aromatic N) is 2. The van der Waals surface area contributed by atoms with Crippen LogP contribution >= 0.6 is 15.9 Å². The minimum Gasteiger partial charge on any atom is -0.441 e. The zero-order valence-electron chi connectivity index (χ0n) is 18.0. The number of carbonyl (C=O) groups is 1. The lowest BCUT2D eigenvalue weighted by atomic mass is 9.95. The number of likely N-dealkylation sites (tertiary alicyclic amines) is 1. The zero-order chi connectivity index (χ0) is 21.8. The molecule has 0 aliphatic carbocycles. The molecule has 1 aromatic heterocycles. The second-order valence-corrected chi connectivity index (χ2v) is 9.20. The molecule has 0 radical (unpaired) electrons. The Hall–Kier alpha value is -2.44. The number of aromatic nitrogens is 1. The lowest BCUT2D eigenvalue weighted by Gasteiger charge is -2.30. The van der Waals surface area contributed by atoms with Gasteiger partial charge in [0, 0.05) is 29.0 Å². The monoisotopic (exact) mass is 481 g/mol. The van der Waals surface area contributed by atoms with Crippen LogP contribution in [0.1, 0.15) is 35.4 Å². The first-order chi connectivity index (χ1) is 15.0. The molecule has 4 rings (SSSR count). The molecule has 1 saturated heterocycles. The Balaban J connectivity index is 1.28. The van der Waals surface area contributed by atoms with Gasteiger partial charge in [0.15, 0.2) is 0 Å². The number of aryl methyl sites for hydroxylation is 2. The smallest absolute Gasteiger partial charge is 0.226 e. The predicted molar refractivity (Wildman–Crippen MR) is 125 cm³/mol. The quantitative estimate of drug-likeness (QED) is 0.522. The molecule has 1 amide bonds. The first kappa shape index (κ1) is 21.8. The lowest BCUT2D eigenvalue weighted by molar-refractivity contribution is -0.126. The molecule has 162 valence electrons. The fraction of sp³-hybridized carbons (Fsp3) is 0.360. The van der Waals surface area contributed by atoms with Crippen molar-refractivity contribution in [3.8, 4) is 11.5 Å². The fourth-order valence-corrected chi connectivity index (χ4v) is 4.32. The van der Waals surface area contributed by atoms with E-state index in [4.69, 9.17) is 9.40 Å². The molecule has 2 aromatic carbocycles. The van der Waals surface area contributed by atoms with Crippen molar-refractivity contribution >= 4 is 21.8 Å². The third-order valence-corrected chi connectivity index (χ3v) is 6.38. The van der Waals surface area contributed by atoms with Gasteiger partial charge in [-0.25, -0.2) is 4.98 Å². The Labute approximate surface area is 192 Å². The van der Waals surface area contributed by atoms with Gasteiger partial charge in [0.2, 0.25) is 11.8 Å². The van der Waals surface area contributed by atoms with E-state index >= 15 is 0 Å². The van der Waals surface area contributed by atoms with Crippen molar-refractivity contribution < 1.29 is 9.21 Å². The number of benzene rings is 2. The second-order valence-electron chi connectivity index (χ2n) is 8.29. The molecule has 5 nitrogen and oxygen atoms in total. The molecule has 0 unspecified atom stereocenters. The van der Waals surface area contributed by atoms with Crippen molar-refractivity contribution in [2.75, 3.05) is 13.1 Å². The van der Waals surface area contributed by atoms with E-state index in [9.17, 15) is 4.79 Å². The number of oxazole rings is 1. The highest BCUT2D eigenvalue weighted by Crippen LogP contribution is 2.26. The van der Waals surface area contributed by atoms with E-state index in [1.54, 1.807) is 0 Å². The molecule has 1 N–H and O–H groups in total. The lowest BCUT2D eigenvalue weighted by Crippen LogP contribution is -2.40. The number of carbonyl (C=O) groups excluding carboxylic acids is 1. The van der Waals surface area contributed by atoms with Crippen molar-refractivity contribution in [1.82, 2.24) is 15.2 Å². The number of halogens is 1. The molecular formula is C25H28BrN3O2. The SMILES string of the molecule is Cc1ccc(CNC(=O)C2CCN(Cc3nc(-c4cccc(Br)c4)oc3C)CC2)cc1. The Morgan fingerprint density at radius 2 is 1.90 bits per heavy atom. The fourth-order valence-electron chi connectivity index (χ4n) is 3.92. The van der Waals surface area contributed by atoms with Crippen LogP contribution < -0.4 is 5.32 Å². The van der Waals surface area contributed by atoms with E-state index in [2.05, 4.69) is 57.3 Å². The number of rotatable bonds is 6. The predicted octanol–water partition coefficient (Wildman–Crippen LogP) is 5.25. The van der Waals surface area contributed by atoms with Gasteiger partial charge >= 0.3 is 0 Å². The van der Waals surface area contributed by atoms with E-state index in [0.29, 0.717) is 12.4 Å². The Morgan fingerprint density at radius 1 is 1.16 bits per heavy atom. The number of piperidine rings is 1. The van der Waals surface area contributed by atoms with E-state index in [-0.39, 0.29) is 11.8 Å². The van der Waals surface area contributed by atoms with Gasteiger partial charge < -0.3 is 9.73 Å². The van der Waals surface area contributed by atoms with Gasteiger partial charge in [-0.05, 0) is 63.5 Å². The van der Waals surface area contributed by atoms with Gasteiger partial charge in [0.1, 0.15) is 5.76 Å². The average molecular weight is 482 g/mol. The first-order valence-corrected chi connectivity index (χ1v) is 11.5. The van der Waals surface area contributed by atoms with Crippen LogP contribution in [0.2, 0.25) is 0 Å². The maximum Gasteiger partial charge on any atom is 0.226 e. The molecule has 0 spiro atoms. The number of nitrogens with one attached hydrogen (secondary N) is 1. The highest BCUT2D eigenvalue weighted by atomic mass is 79.9. The maximum absolute atomic E-state index is 12.6. The van der Waals surface area contributed by atoms with Crippen LogP contribution in [0.5, 0.6) is 0 Å². The standard InChI is InChI=1S/C25H28BrN3O2/c1-17-6-8-19(9-7-17)15-27-24(30)20-10-12-29(13-11-20)16-23-18(2)31-25(28-23)21-4-3-5-22(26)14-21/h3-9,14,20H,10-13,15-16H2,1-2H3,(H,27,30). The summed E-state index contributed by atoms with van der Waals surface area (Å²) < 4.78 is 6.92. The highest BCUT2D eigenvalue weighted by molar-refractivity contribution is 9.10. The Bertz CT molecular complexity index is 1040. The van der Waals surface area contributed by atoms with Gasteiger partial charge in [0.05, 0.1) is 5.69 Å². The number of hydrogen-bond acceptors (Lipinski definition) is 4. The van der Waals surface area contributed by atoms with E-state index in [0.717, 1.165) is 59.5 Å². The van der Waals surface area contributed by atoms with Gasteiger partial charge in [-0.15, -0.1) is 0 Å². The number of hydrogen-bond donors (Lipinski definition) is 1. The zero-order valence-corrected chi connectivity index (χ0v) is 19.6. The first-order valence-electron chi connectivity index (χ1n) is 10.8. The van der Waals surface area contributed by atoms with Crippen LogP contribution in [0.15, 0.2) is 57.4 Å². The van der Waals surface area contributed by atoms with Crippen molar-refractivity contribution in [3.63, 3.8) is 0 Å². The largest absolute Gasteiger partial charge is 0.441 e. The summed E-state index contributed by atoms with van der Waals surface area (Å²) in [6, 6.07) is 16.3. The summed E-state index contributed by atoms with van der Waals surface area (Å²) in [7, 11) is 0. The van der Waals surface area contributed by atoms with Crippen LogP contribution in [-0.2, 0) is 17.9 Å². The number of amides is 1. The molecule has 1 fully saturated rings. The van der Waals surface area contributed by atoms with Crippen molar-refractivity contribution in [3.05, 3.63) is 75.6 Å². The van der Waals surface area contributed by atoms with Crippen LogP contribution in [-0.4, -0.2) is 28.9 Å². The minimum absolute atomic E-state index is 0.0809. The molecule has 0 bridgehead atoms. The van der Waals surface area contributed by atoms with Gasteiger partial charge in [-0.1, -0.05) is 51.8 Å². The van der Waals surface area contributed by atoms with Crippen LogP contribution in [0.3, 0.4) is 0 Å². The third-order valence-electron chi connectivity index (χ3n) is 5.88. The van der Waals surface area contributed by atoms with Crippen molar-refractivity contribution in [1.29, 1.82) is 0 Å². The molecule has 0 atom stereocenters. The highest BCUT2D eigenvalue weighted by Gasteiger charge is 2.26. The molecule has 31 heavy (non-hydrogen) atoms. The molecular weight excluding hydrogens is 454 g/mol. The molecule has 2 heterocycles. The van der Waals surface area contributed by atoms with Crippen molar-refractivity contribution in [2.45, 2.75) is 39.8 Å². The summed E-state index contributed by atoms with van der Waals surface area (Å²) >= 11 is 3.50. The molecule has 1 aliphatic heterocycles. The van der Waals surface area contributed by atoms with E-state index in [1.165, 1.54) is 5.56 Å². The summed E-state index contributed by atoms with van der Waals surface area (Å²) in [6.07, 6.45) is 1.74.